The summed E-state index contributed by atoms with van der Waals surface area (Å²) in [4.78, 5) is 0. The molecule has 0 radical (unpaired) electrons. The van der Waals surface area contributed by atoms with E-state index < -0.39 is 0 Å². The molecule has 0 aliphatic heterocycles. The molecule has 0 aliphatic carbocycles. The number of hydrogen-bond acceptors (Lipinski definition) is 2. The molecule has 0 bridgehead atoms. The molecule has 112 valence electrons. The molecule has 2 aromatic carbocycles. The van der Waals surface area contributed by atoms with E-state index in [2.05, 4.69) is 15.9 Å². The molecule has 1 atom stereocenters. The maximum atomic E-state index is 13.8. The lowest BCUT2D eigenvalue weighted by atomic mass is 9.93. The van der Waals surface area contributed by atoms with Crippen LogP contribution in [0.1, 0.15) is 11.1 Å². The minimum absolute atomic E-state index is 0.0170. The van der Waals surface area contributed by atoms with E-state index in [9.17, 15) is 9.50 Å². The second kappa shape index (κ2) is 7.57. The first-order valence-electron chi connectivity index (χ1n) is 6.80. The smallest absolute Gasteiger partial charge is 0.126 e. The van der Waals surface area contributed by atoms with Gasteiger partial charge in [-0.15, -0.1) is 0 Å². The number of aliphatic hydroxyl groups is 1. The molecule has 2 rings (SSSR count). The van der Waals surface area contributed by atoms with Crippen molar-refractivity contribution in [2.45, 2.75) is 12.8 Å². The van der Waals surface area contributed by atoms with E-state index in [0.29, 0.717) is 18.4 Å². The maximum Gasteiger partial charge on any atom is 0.126 e. The Morgan fingerprint density at radius 1 is 1.19 bits per heavy atom. The highest BCUT2D eigenvalue weighted by Crippen LogP contribution is 2.22. The second-order valence-electron chi connectivity index (χ2n) is 5.04. The molecule has 2 nitrogen and oxygen atoms in total. The molecule has 0 saturated carbocycles. The van der Waals surface area contributed by atoms with Crippen LogP contribution in [-0.2, 0) is 12.8 Å². The summed E-state index contributed by atoms with van der Waals surface area (Å²) in [5.41, 5.74) is 1.69. The van der Waals surface area contributed by atoms with Gasteiger partial charge in [-0.1, -0.05) is 28.1 Å². The van der Waals surface area contributed by atoms with Crippen LogP contribution in [0.5, 0.6) is 5.75 Å². The Morgan fingerprint density at radius 3 is 2.71 bits per heavy atom. The fourth-order valence-electron chi connectivity index (χ4n) is 2.34. The Balaban J connectivity index is 2.10. The van der Waals surface area contributed by atoms with Crippen molar-refractivity contribution in [1.29, 1.82) is 0 Å². The number of halogens is 2. The number of methoxy groups -OCH3 is 1. The van der Waals surface area contributed by atoms with E-state index in [4.69, 9.17) is 4.74 Å². The van der Waals surface area contributed by atoms with Crippen LogP contribution >= 0.6 is 15.9 Å². The molecular weight excluding hydrogens is 335 g/mol. The van der Waals surface area contributed by atoms with Crippen LogP contribution in [0.15, 0.2) is 46.9 Å². The zero-order valence-electron chi connectivity index (χ0n) is 11.9. The minimum Gasteiger partial charge on any atom is -0.497 e. The predicted octanol–water partition coefficient (Wildman–Crippen LogP) is 3.99. The van der Waals surface area contributed by atoms with Crippen molar-refractivity contribution in [3.63, 3.8) is 0 Å². The van der Waals surface area contributed by atoms with Crippen LogP contribution in [0.4, 0.5) is 4.39 Å². The monoisotopic (exact) mass is 352 g/mol. The third-order valence-corrected chi connectivity index (χ3v) is 3.93. The lowest BCUT2D eigenvalue weighted by molar-refractivity contribution is 0.224. The van der Waals surface area contributed by atoms with Crippen LogP contribution in [-0.4, -0.2) is 18.8 Å². The molecule has 1 N–H and O–H groups in total. The van der Waals surface area contributed by atoms with Gasteiger partial charge >= 0.3 is 0 Å². The molecule has 2 aromatic rings. The summed E-state index contributed by atoms with van der Waals surface area (Å²) in [6, 6.07) is 12.6. The fraction of sp³-hybridized carbons (Fsp3) is 0.294. The molecule has 0 amide bonds. The van der Waals surface area contributed by atoms with E-state index in [1.807, 2.05) is 24.3 Å². The Kier molecular flexibility index (Phi) is 5.76. The fourth-order valence-corrected chi connectivity index (χ4v) is 2.75. The second-order valence-corrected chi connectivity index (χ2v) is 5.96. The molecule has 21 heavy (non-hydrogen) atoms. The van der Waals surface area contributed by atoms with Gasteiger partial charge < -0.3 is 9.84 Å². The molecule has 0 fully saturated rings. The highest BCUT2D eigenvalue weighted by molar-refractivity contribution is 9.10. The number of benzene rings is 2. The number of ether oxygens (including phenoxy) is 1. The van der Waals surface area contributed by atoms with Gasteiger partial charge in [-0.3, -0.25) is 0 Å². The molecule has 0 heterocycles. The quantitative estimate of drug-likeness (QED) is 0.851. The first-order valence-corrected chi connectivity index (χ1v) is 7.59. The van der Waals surface area contributed by atoms with Crippen molar-refractivity contribution in [2.75, 3.05) is 13.7 Å². The van der Waals surface area contributed by atoms with Crippen molar-refractivity contribution < 1.29 is 14.2 Å². The van der Waals surface area contributed by atoms with E-state index in [-0.39, 0.29) is 18.3 Å². The Hall–Kier alpha value is -1.39. The Morgan fingerprint density at radius 2 is 2.00 bits per heavy atom. The molecule has 0 spiro atoms. The highest BCUT2D eigenvalue weighted by Gasteiger charge is 2.13. The normalized spacial score (nSPS) is 12.2. The van der Waals surface area contributed by atoms with E-state index in [0.717, 1.165) is 15.8 Å². The van der Waals surface area contributed by atoms with Crippen molar-refractivity contribution in [3.8, 4) is 5.75 Å². The van der Waals surface area contributed by atoms with E-state index >= 15 is 0 Å². The Bertz CT molecular complexity index is 601. The van der Waals surface area contributed by atoms with Gasteiger partial charge in [-0.05, 0) is 60.2 Å². The molecule has 4 heteroatoms. The highest BCUT2D eigenvalue weighted by atomic mass is 79.9. The average Bonchev–Trinajstić information content (AvgIpc) is 2.50. The average molecular weight is 353 g/mol. The van der Waals surface area contributed by atoms with Gasteiger partial charge in [-0.25, -0.2) is 4.39 Å². The SMILES string of the molecule is COc1cccc(CC(CO)Cc2cc(Br)ccc2F)c1. The minimum atomic E-state index is -0.234. The zero-order chi connectivity index (χ0) is 15.2. The Labute approximate surface area is 132 Å². The summed E-state index contributed by atoms with van der Waals surface area (Å²) in [5, 5.41) is 9.57. The first-order chi connectivity index (χ1) is 10.1. The first kappa shape index (κ1) is 16.0. The van der Waals surface area contributed by atoms with Crippen molar-refractivity contribution >= 4 is 15.9 Å². The van der Waals surface area contributed by atoms with Crippen molar-refractivity contribution in [3.05, 3.63) is 63.9 Å². The van der Waals surface area contributed by atoms with Crippen LogP contribution in [0.3, 0.4) is 0 Å². The summed E-state index contributed by atoms with van der Waals surface area (Å²) in [6.45, 7) is 0.0170. The topological polar surface area (TPSA) is 29.5 Å². The number of rotatable bonds is 6. The molecule has 0 aliphatic rings. The van der Waals surface area contributed by atoms with Crippen molar-refractivity contribution in [1.82, 2.24) is 0 Å². The van der Waals surface area contributed by atoms with Crippen LogP contribution in [0.25, 0.3) is 0 Å². The van der Waals surface area contributed by atoms with Gasteiger partial charge in [0.05, 0.1) is 7.11 Å². The maximum absolute atomic E-state index is 13.8. The van der Waals surface area contributed by atoms with E-state index in [1.54, 1.807) is 19.2 Å². The van der Waals surface area contributed by atoms with E-state index in [1.165, 1.54) is 6.07 Å². The summed E-state index contributed by atoms with van der Waals surface area (Å²) >= 11 is 3.35. The van der Waals surface area contributed by atoms with Gasteiger partial charge in [0, 0.05) is 11.1 Å². The third kappa shape index (κ3) is 4.55. The van der Waals surface area contributed by atoms with Crippen molar-refractivity contribution in [2.24, 2.45) is 5.92 Å². The lowest BCUT2D eigenvalue weighted by Crippen LogP contribution is -2.14. The largest absolute Gasteiger partial charge is 0.497 e. The summed E-state index contributed by atoms with van der Waals surface area (Å²) in [7, 11) is 1.62. The molecular formula is C17H18BrFO2. The van der Waals surface area contributed by atoms with Gasteiger partial charge in [0.25, 0.3) is 0 Å². The standard InChI is InChI=1S/C17H18BrFO2/c1-21-16-4-2-3-12(9-16)7-13(11-20)8-14-10-15(18)5-6-17(14)19/h2-6,9-10,13,20H,7-8,11H2,1H3. The molecule has 0 aromatic heterocycles. The predicted molar refractivity (Wildman–Crippen MR) is 85.1 cm³/mol. The summed E-state index contributed by atoms with van der Waals surface area (Å²) < 4.78 is 19.8. The zero-order valence-corrected chi connectivity index (χ0v) is 13.4. The van der Waals surface area contributed by atoms with Gasteiger partial charge in [0.1, 0.15) is 11.6 Å². The molecule has 0 saturated heterocycles. The number of aliphatic hydroxyl groups excluding tert-OH is 1. The van der Waals surface area contributed by atoms with Gasteiger partial charge in [-0.2, -0.15) is 0 Å². The summed E-state index contributed by atoms with van der Waals surface area (Å²) in [5.74, 6) is 0.529. The third-order valence-electron chi connectivity index (χ3n) is 3.43. The van der Waals surface area contributed by atoms with Crippen LogP contribution in [0, 0.1) is 11.7 Å². The van der Waals surface area contributed by atoms with Gasteiger partial charge in [0.15, 0.2) is 0 Å². The van der Waals surface area contributed by atoms with Crippen LogP contribution < -0.4 is 4.74 Å². The van der Waals surface area contributed by atoms with Crippen LogP contribution in [0.2, 0.25) is 0 Å². The lowest BCUT2D eigenvalue weighted by Gasteiger charge is -2.15. The molecule has 1 unspecified atom stereocenters. The van der Waals surface area contributed by atoms with Gasteiger partial charge in [0.2, 0.25) is 0 Å². The summed E-state index contributed by atoms with van der Waals surface area (Å²) in [6.07, 6.45) is 1.18. The number of hydrogen-bond donors (Lipinski definition) is 1.